The third kappa shape index (κ3) is 4.64. The number of nitrogens with zero attached hydrogens (tertiary/aromatic N) is 1. The third-order valence-electron chi connectivity index (χ3n) is 3.16. The van der Waals surface area contributed by atoms with Gasteiger partial charge in [0.1, 0.15) is 0 Å². The molecule has 1 aliphatic rings. The summed E-state index contributed by atoms with van der Waals surface area (Å²) in [4.78, 5) is 25.4. The van der Waals surface area contributed by atoms with Gasteiger partial charge >= 0.3 is 0 Å². The van der Waals surface area contributed by atoms with Gasteiger partial charge in [-0.2, -0.15) is 0 Å². The molecule has 0 aromatic carbocycles. The molecule has 1 aliphatic heterocycles. The maximum atomic E-state index is 12.0. The Kier molecular flexibility index (Phi) is 5.14. The molecule has 1 fully saturated rings. The molecule has 0 aromatic rings. The van der Waals surface area contributed by atoms with E-state index in [-0.39, 0.29) is 23.3 Å². The van der Waals surface area contributed by atoms with Crippen LogP contribution >= 0.6 is 0 Å². The lowest BCUT2D eigenvalue weighted by Gasteiger charge is -2.32. The molecule has 1 unspecified atom stereocenters. The second kappa shape index (κ2) is 6.18. The fourth-order valence-electron chi connectivity index (χ4n) is 2.07. The summed E-state index contributed by atoms with van der Waals surface area (Å²) in [7, 11) is 1.64. The summed E-state index contributed by atoms with van der Waals surface area (Å²) in [5, 5.41) is 5.84. The van der Waals surface area contributed by atoms with Gasteiger partial charge in [0.25, 0.3) is 0 Å². The molecule has 0 radical (unpaired) electrons. The number of amides is 2. The number of hydrogen-bond donors (Lipinski definition) is 2. The Morgan fingerprint density at radius 3 is 2.56 bits per heavy atom. The van der Waals surface area contributed by atoms with Crippen molar-refractivity contribution >= 4 is 11.8 Å². The molecule has 1 saturated heterocycles. The van der Waals surface area contributed by atoms with Crippen molar-refractivity contribution < 1.29 is 9.59 Å². The first kappa shape index (κ1) is 15.0. The van der Waals surface area contributed by atoms with E-state index in [1.165, 1.54) is 0 Å². The molecule has 104 valence electrons. The molecule has 2 N–H and O–H groups in total. The molecule has 0 saturated carbocycles. The number of nitrogens with one attached hydrogen (secondary N) is 2. The Morgan fingerprint density at radius 1 is 1.33 bits per heavy atom. The molecule has 18 heavy (non-hydrogen) atoms. The largest absolute Gasteiger partial charge is 0.359 e. The quantitative estimate of drug-likeness (QED) is 0.765. The van der Waals surface area contributed by atoms with Gasteiger partial charge in [-0.05, 0) is 33.6 Å². The van der Waals surface area contributed by atoms with Crippen molar-refractivity contribution in [2.75, 3.05) is 26.7 Å². The second-order valence-electron chi connectivity index (χ2n) is 5.90. The summed E-state index contributed by atoms with van der Waals surface area (Å²) < 4.78 is 0. The number of carbonyl (C=O) groups is 2. The lowest BCUT2D eigenvalue weighted by atomic mass is 9.97. The van der Waals surface area contributed by atoms with Gasteiger partial charge in [-0.15, -0.1) is 0 Å². The fourth-order valence-corrected chi connectivity index (χ4v) is 2.07. The van der Waals surface area contributed by atoms with Crippen molar-refractivity contribution in [1.29, 1.82) is 0 Å². The normalized spacial score (nSPS) is 20.7. The van der Waals surface area contributed by atoms with E-state index < -0.39 is 0 Å². The van der Waals surface area contributed by atoms with E-state index >= 15 is 0 Å². The molecule has 1 heterocycles. The molecule has 0 spiro atoms. The molecule has 0 aromatic heterocycles. The highest BCUT2D eigenvalue weighted by Gasteiger charge is 2.27. The van der Waals surface area contributed by atoms with Crippen molar-refractivity contribution in [2.24, 2.45) is 5.92 Å². The monoisotopic (exact) mass is 255 g/mol. The zero-order chi connectivity index (χ0) is 13.8. The number of hydrogen-bond acceptors (Lipinski definition) is 3. The Balaban J connectivity index is 2.46. The van der Waals surface area contributed by atoms with Gasteiger partial charge in [0.05, 0.1) is 12.5 Å². The first-order valence-corrected chi connectivity index (χ1v) is 6.58. The molecule has 1 atom stereocenters. The highest BCUT2D eigenvalue weighted by Crippen LogP contribution is 2.16. The molecule has 1 rings (SSSR count). The summed E-state index contributed by atoms with van der Waals surface area (Å²) >= 11 is 0. The lowest BCUT2D eigenvalue weighted by molar-refractivity contribution is -0.135. The third-order valence-corrected chi connectivity index (χ3v) is 3.16. The van der Waals surface area contributed by atoms with Crippen LogP contribution in [0.15, 0.2) is 0 Å². The lowest BCUT2D eigenvalue weighted by Crippen LogP contribution is -2.49. The highest BCUT2D eigenvalue weighted by atomic mass is 16.2. The van der Waals surface area contributed by atoms with Crippen LogP contribution in [0.25, 0.3) is 0 Å². The summed E-state index contributed by atoms with van der Waals surface area (Å²) in [5.41, 5.74) is -0.0638. The Hall–Kier alpha value is -1.10. The van der Waals surface area contributed by atoms with Gasteiger partial charge in [-0.3, -0.25) is 9.59 Å². The van der Waals surface area contributed by atoms with Crippen LogP contribution in [0.5, 0.6) is 0 Å². The van der Waals surface area contributed by atoms with Crippen molar-refractivity contribution in [3.8, 4) is 0 Å². The average Bonchev–Trinajstić information content (AvgIpc) is 2.34. The standard InChI is InChI=1S/C13H25N3O2/c1-13(2,3)15-8-11(17)16-7-5-6-10(9-16)12(18)14-4/h10,15H,5-9H2,1-4H3,(H,14,18). The number of rotatable bonds is 3. The van der Waals surface area contributed by atoms with Crippen LogP contribution in [-0.2, 0) is 9.59 Å². The van der Waals surface area contributed by atoms with Crippen molar-refractivity contribution in [3.63, 3.8) is 0 Å². The van der Waals surface area contributed by atoms with Gasteiger partial charge in [-0.1, -0.05) is 0 Å². The van der Waals surface area contributed by atoms with Crippen molar-refractivity contribution in [1.82, 2.24) is 15.5 Å². The van der Waals surface area contributed by atoms with Gasteiger partial charge in [0.2, 0.25) is 11.8 Å². The van der Waals surface area contributed by atoms with E-state index in [9.17, 15) is 9.59 Å². The first-order valence-electron chi connectivity index (χ1n) is 6.58. The van der Waals surface area contributed by atoms with E-state index in [4.69, 9.17) is 0 Å². The van der Waals surface area contributed by atoms with E-state index in [1.807, 2.05) is 20.8 Å². The number of piperidine rings is 1. The molecule has 0 aliphatic carbocycles. The van der Waals surface area contributed by atoms with Gasteiger partial charge < -0.3 is 15.5 Å². The van der Waals surface area contributed by atoms with Crippen LogP contribution in [0.3, 0.4) is 0 Å². The van der Waals surface area contributed by atoms with Crippen LogP contribution in [0, 0.1) is 5.92 Å². The minimum atomic E-state index is -0.0638. The van der Waals surface area contributed by atoms with Crippen LogP contribution in [-0.4, -0.2) is 48.9 Å². The predicted octanol–water partition coefficient (Wildman–Crippen LogP) is 0.359. The molecule has 5 nitrogen and oxygen atoms in total. The van der Waals surface area contributed by atoms with Gasteiger partial charge in [0.15, 0.2) is 0 Å². The van der Waals surface area contributed by atoms with E-state index in [0.717, 1.165) is 19.4 Å². The molecule has 2 amide bonds. The minimum Gasteiger partial charge on any atom is -0.359 e. The Bertz CT molecular complexity index is 310. The zero-order valence-electron chi connectivity index (χ0n) is 11.9. The van der Waals surface area contributed by atoms with E-state index in [0.29, 0.717) is 13.1 Å². The second-order valence-corrected chi connectivity index (χ2v) is 5.90. The van der Waals surface area contributed by atoms with Crippen molar-refractivity contribution in [3.05, 3.63) is 0 Å². The molecular formula is C13H25N3O2. The summed E-state index contributed by atoms with van der Waals surface area (Å²) in [5.74, 6) is 0.0668. The summed E-state index contributed by atoms with van der Waals surface area (Å²) in [6.07, 6.45) is 1.77. The first-order chi connectivity index (χ1) is 8.33. The number of carbonyl (C=O) groups excluding carboxylic acids is 2. The van der Waals surface area contributed by atoms with Crippen LogP contribution in [0.4, 0.5) is 0 Å². The molecule has 5 heteroatoms. The van der Waals surface area contributed by atoms with Crippen LogP contribution in [0.2, 0.25) is 0 Å². The van der Waals surface area contributed by atoms with E-state index in [2.05, 4.69) is 10.6 Å². The maximum absolute atomic E-state index is 12.0. The minimum absolute atomic E-state index is 0.0382. The average molecular weight is 255 g/mol. The molecular weight excluding hydrogens is 230 g/mol. The smallest absolute Gasteiger partial charge is 0.236 e. The van der Waals surface area contributed by atoms with Crippen LogP contribution in [0.1, 0.15) is 33.6 Å². The topological polar surface area (TPSA) is 61.4 Å². The maximum Gasteiger partial charge on any atom is 0.236 e. The Morgan fingerprint density at radius 2 is 2.00 bits per heavy atom. The summed E-state index contributed by atoms with van der Waals surface area (Å²) in [6, 6.07) is 0. The van der Waals surface area contributed by atoms with Gasteiger partial charge in [-0.25, -0.2) is 0 Å². The molecule has 0 bridgehead atoms. The highest BCUT2D eigenvalue weighted by molar-refractivity contribution is 5.82. The number of likely N-dealkylation sites (tertiary alicyclic amines) is 1. The van der Waals surface area contributed by atoms with Gasteiger partial charge in [0, 0.05) is 25.7 Å². The Labute approximate surface area is 109 Å². The SMILES string of the molecule is CNC(=O)C1CCCN(C(=O)CNC(C)(C)C)C1. The zero-order valence-corrected chi connectivity index (χ0v) is 11.9. The van der Waals surface area contributed by atoms with Crippen LogP contribution < -0.4 is 10.6 Å². The van der Waals surface area contributed by atoms with Crippen molar-refractivity contribution in [2.45, 2.75) is 39.2 Å². The predicted molar refractivity (Wildman–Crippen MR) is 71.1 cm³/mol. The summed E-state index contributed by atoms with van der Waals surface area (Å²) in [6.45, 7) is 7.74. The van der Waals surface area contributed by atoms with E-state index in [1.54, 1.807) is 11.9 Å². The fraction of sp³-hybridized carbons (Fsp3) is 0.846.